The van der Waals surface area contributed by atoms with Crippen LogP contribution in [0.3, 0.4) is 0 Å². The van der Waals surface area contributed by atoms with Crippen LogP contribution in [-0.4, -0.2) is 40.0 Å². The van der Waals surface area contributed by atoms with E-state index in [1.165, 1.54) is 4.52 Å². The summed E-state index contributed by atoms with van der Waals surface area (Å²) < 4.78 is 24.7. The van der Waals surface area contributed by atoms with Crippen molar-refractivity contribution < 1.29 is 66.7 Å². The quantitative estimate of drug-likeness (QED) is 0.305. The summed E-state index contributed by atoms with van der Waals surface area (Å²) in [6, 6.07) is 8.90. The molecule has 0 fully saturated rings. The number of rotatable bonds is 9. The van der Waals surface area contributed by atoms with E-state index in [0.29, 0.717) is 5.75 Å². The van der Waals surface area contributed by atoms with Crippen molar-refractivity contribution in [3.05, 3.63) is 30.3 Å². The molecule has 0 amide bonds. The minimum absolute atomic E-state index is 0. The number of hydrogen-bond donors (Lipinski definition) is 0. The van der Waals surface area contributed by atoms with Gasteiger partial charge in [0, 0.05) is 0 Å². The molecule has 0 aliphatic heterocycles. The van der Waals surface area contributed by atoms with E-state index in [9.17, 15) is 10.0 Å². The van der Waals surface area contributed by atoms with E-state index in [1.807, 2.05) is 33.8 Å². The predicted molar refractivity (Wildman–Crippen MR) is 112 cm³/mol. The van der Waals surface area contributed by atoms with Crippen LogP contribution in [0.5, 0.6) is 29.3 Å². The van der Waals surface area contributed by atoms with Gasteiger partial charge in [-0.25, -0.2) is 0 Å². The molecule has 9 nitrogen and oxygen atoms in total. The van der Waals surface area contributed by atoms with Gasteiger partial charge in [-0.05, 0) is 59.1 Å². The van der Waals surface area contributed by atoms with Gasteiger partial charge in [0.25, 0.3) is 5.88 Å². The second-order valence-corrected chi connectivity index (χ2v) is 7.75. The molecule has 12 heteroatoms. The first-order valence-electron chi connectivity index (χ1n) is 10.2. The molecule has 33 heavy (non-hydrogen) atoms. The first-order valence-corrected chi connectivity index (χ1v) is 10.2. The van der Waals surface area contributed by atoms with Crippen molar-refractivity contribution in [1.82, 2.24) is 14.6 Å². The van der Waals surface area contributed by atoms with Gasteiger partial charge in [0.15, 0.2) is 5.75 Å². The van der Waals surface area contributed by atoms with Crippen molar-refractivity contribution in [2.45, 2.75) is 59.9 Å². The second kappa shape index (κ2) is 12.6. The Balaban J connectivity index is 0.00000272. The van der Waals surface area contributed by atoms with Crippen LogP contribution in [-0.2, 0) is 0 Å². The Morgan fingerprint density at radius 3 is 1.94 bits per heavy atom. The topological polar surface area (TPSA) is 113 Å². The van der Waals surface area contributed by atoms with Gasteiger partial charge >= 0.3 is 43.7 Å². The van der Waals surface area contributed by atoms with Crippen molar-refractivity contribution >= 4 is 18.1 Å². The van der Waals surface area contributed by atoms with Crippen molar-refractivity contribution in [3.8, 4) is 29.3 Å². The van der Waals surface area contributed by atoms with E-state index >= 15 is 0 Å². The van der Waals surface area contributed by atoms with Gasteiger partial charge in [0.1, 0.15) is 11.3 Å². The molecule has 3 rings (SSSR count). The molecule has 0 aliphatic carbocycles. The summed E-state index contributed by atoms with van der Waals surface area (Å²) in [5.41, 5.74) is -0.0902. The fraction of sp³-hybridized carbons (Fsp3) is 0.429. The van der Waals surface area contributed by atoms with Gasteiger partial charge in [-0.2, -0.15) is 9.50 Å². The summed E-state index contributed by atoms with van der Waals surface area (Å²) >= 11 is 0. The van der Waals surface area contributed by atoms with Gasteiger partial charge in [-0.1, -0.05) is 25.3 Å². The molecule has 0 N–H and O–H groups in total. The van der Waals surface area contributed by atoms with E-state index in [1.54, 1.807) is 38.1 Å². The number of para-hydroxylation sites is 1. The summed E-state index contributed by atoms with van der Waals surface area (Å²) in [5, 5.41) is 28.9. The Morgan fingerprint density at radius 1 is 0.848 bits per heavy atom. The minimum atomic E-state index is -2.38. The summed E-state index contributed by atoms with van der Waals surface area (Å²) in [6.07, 6.45) is -0.813. The van der Waals surface area contributed by atoms with Crippen molar-refractivity contribution in [2.75, 3.05) is 0 Å². The van der Waals surface area contributed by atoms with Crippen molar-refractivity contribution in [1.29, 1.82) is 0 Å². The first kappa shape index (κ1) is 29.3. The van der Waals surface area contributed by atoms with Crippen LogP contribution in [0.25, 0.3) is 5.52 Å². The standard InChI is InChI=1S/C21H26BN3O6.2Li/c1-12(2)28-18-16(22(26)27)17-19(31-15-10-8-7-9-11-15)23-21(30-14(5)6)24-25(17)20(18)29-13(3)4;;/h7-14H,1-6H3;;/q-2;2*+1. The maximum Gasteiger partial charge on any atom is 1.00 e. The largest absolute Gasteiger partial charge is 1.00 e. The average Bonchev–Trinajstić information content (AvgIpc) is 2.95. The Hall–Kier alpha value is -1.78. The van der Waals surface area contributed by atoms with E-state index < -0.39 is 7.12 Å². The molecule has 0 atom stereocenters. The van der Waals surface area contributed by atoms with Gasteiger partial charge in [-0.3, -0.25) is 0 Å². The van der Waals surface area contributed by atoms with Crippen LogP contribution < -0.4 is 72.2 Å². The molecule has 2 aromatic heterocycles. The van der Waals surface area contributed by atoms with Crippen LogP contribution in [0.1, 0.15) is 41.5 Å². The molecule has 0 radical (unpaired) electrons. The molecule has 0 spiro atoms. The van der Waals surface area contributed by atoms with Crippen molar-refractivity contribution in [2.24, 2.45) is 0 Å². The maximum absolute atomic E-state index is 12.3. The molecule has 0 bridgehead atoms. The summed E-state index contributed by atoms with van der Waals surface area (Å²) in [6.45, 7) is 10.9. The molecular formula is C21H26BLi2N3O6. The predicted octanol–water partition coefficient (Wildman–Crippen LogP) is -4.69. The average molecular weight is 441 g/mol. The Bertz CT molecular complexity index is 1030. The van der Waals surface area contributed by atoms with Crippen LogP contribution >= 0.6 is 0 Å². The number of benzene rings is 1. The minimum Gasteiger partial charge on any atom is -0.889 e. The molecule has 0 saturated carbocycles. The monoisotopic (exact) mass is 441 g/mol. The SMILES string of the molecule is CC(C)Oc1nc(Oc2ccccc2)c2c(B([O-])[O-])c(OC(C)C)c(OC(C)C)n2n1.[Li+].[Li+]. The van der Waals surface area contributed by atoms with E-state index in [0.717, 1.165) is 0 Å². The third kappa shape index (κ3) is 7.10. The van der Waals surface area contributed by atoms with E-state index in [4.69, 9.17) is 18.9 Å². The normalized spacial score (nSPS) is 10.8. The summed E-state index contributed by atoms with van der Waals surface area (Å²) in [7, 11) is -2.38. The molecule has 166 valence electrons. The maximum atomic E-state index is 12.3. The number of hydrogen-bond acceptors (Lipinski definition) is 8. The number of fused-ring (bicyclic) bond motifs is 1. The molecular weight excluding hydrogens is 415 g/mol. The van der Waals surface area contributed by atoms with Gasteiger partial charge < -0.3 is 29.0 Å². The zero-order valence-corrected chi connectivity index (χ0v) is 20.5. The Morgan fingerprint density at radius 2 is 1.42 bits per heavy atom. The molecule has 0 aliphatic rings. The zero-order valence-electron chi connectivity index (χ0n) is 20.5. The molecule has 2 heterocycles. The van der Waals surface area contributed by atoms with E-state index in [-0.39, 0.29) is 90.5 Å². The molecule has 0 saturated heterocycles. The third-order valence-corrected chi connectivity index (χ3v) is 3.92. The summed E-state index contributed by atoms with van der Waals surface area (Å²) in [4.78, 5) is 4.33. The van der Waals surface area contributed by atoms with E-state index in [2.05, 4.69) is 10.1 Å². The molecule has 1 aromatic carbocycles. The van der Waals surface area contributed by atoms with Gasteiger partial charge in [0.05, 0.1) is 18.3 Å². The summed E-state index contributed by atoms with van der Waals surface area (Å²) in [5.74, 6) is 0.624. The van der Waals surface area contributed by atoms with Crippen LogP contribution in [0.4, 0.5) is 0 Å². The fourth-order valence-electron chi connectivity index (χ4n) is 2.91. The van der Waals surface area contributed by atoms with Gasteiger partial charge in [0.2, 0.25) is 5.88 Å². The third-order valence-electron chi connectivity index (χ3n) is 3.92. The number of ether oxygens (including phenoxy) is 4. The molecule has 3 aromatic rings. The Labute approximate surface area is 218 Å². The van der Waals surface area contributed by atoms with Crippen molar-refractivity contribution in [3.63, 3.8) is 0 Å². The van der Waals surface area contributed by atoms with Gasteiger partial charge in [-0.15, -0.1) is 5.10 Å². The Kier molecular flexibility index (Phi) is 11.2. The van der Waals surface area contributed by atoms with Crippen LogP contribution in [0.2, 0.25) is 0 Å². The first-order chi connectivity index (χ1) is 14.7. The fourth-order valence-corrected chi connectivity index (χ4v) is 2.91. The second-order valence-electron chi connectivity index (χ2n) is 7.75. The van der Waals surface area contributed by atoms with Crippen LogP contribution in [0.15, 0.2) is 30.3 Å². The smallest absolute Gasteiger partial charge is 0.889 e. The zero-order chi connectivity index (χ0) is 22.7. The van der Waals surface area contributed by atoms with Crippen LogP contribution in [0, 0.1) is 0 Å². The number of nitrogens with zero attached hydrogens (tertiary/aromatic N) is 3. The molecule has 0 unspecified atom stereocenters. The number of aromatic nitrogens is 3.